The molecule has 2 aliphatic rings. The highest BCUT2D eigenvalue weighted by Crippen LogP contribution is 2.32. The number of nitrogens with zero attached hydrogens (tertiary/aromatic N) is 3. The number of anilines is 2. The van der Waals surface area contributed by atoms with Gasteiger partial charge in [0.1, 0.15) is 17.9 Å². The molecule has 0 saturated carbocycles. The third-order valence-electron chi connectivity index (χ3n) is 4.24. The molecular formula is C15H17N5O2S. The molecule has 1 unspecified atom stereocenters. The summed E-state index contributed by atoms with van der Waals surface area (Å²) in [5.74, 6) is 0.600. The summed E-state index contributed by atoms with van der Waals surface area (Å²) in [4.78, 5) is 14.5. The van der Waals surface area contributed by atoms with Crippen LogP contribution in [0, 0.1) is 5.92 Å². The predicted molar refractivity (Wildman–Crippen MR) is 87.6 cm³/mol. The van der Waals surface area contributed by atoms with E-state index in [-0.39, 0.29) is 17.9 Å². The molecular weight excluding hydrogens is 314 g/mol. The molecule has 3 heterocycles. The molecule has 0 radical (unpaired) electrons. The van der Waals surface area contributed by atoms with Crippen molar-refractivity contribution in [2.75, 3.05) is 30.3 Å². The van der Waals surface area contributed by atoms with E-state index in [1.165, 1.54) is 11.3 Å². The van der Waals surface area contributed by atoms with E-state index in [1.807, 2.05) is 18.2 Å². The number of nitrogens with one attached hydrogen (secondary N) is 1. The molecule has 120 valence electrons. The largest absolute Gasteiger partial charge is 0.490 e. The zero-order chi connectivity index (χ0) is 15.8. The molecule has 7 nitrogen and oxygen atoms in total. The Kier molecular flexibility index (Phi) is 3.53. The summed E-state index contributed by atoms with van der Waals surface area (Å²) in [6.45, 7) is 1.93. The van der Waals surface area contributed by atoms with Gasteiger partial charge < -0.3 is 20.7 Å². The zero-order valence-corrected chi connectivity index (χ0v) is 13.3. The van der Waals surface area contributed by atoms with Crippen molar-refractivity contribution in [3.05, 3.63) is 29.3 Å². The molecule has 1 amide bonds. The fourth-order valence-corrected chi connectivity index (χ4v) is 3.55. The molecule has 1 aromatic carbocycles. The Bertz CT molecular complexity index is 715. The number of carbonyl (C=O) groups excluding carboxylic acids is 1. The second-order valence-electron chi connectivity index (χ2n) is 5.88. The van der Waals surface area contributed by atoms with Gasteiger partial charge in [-0.05, 0) is 18.1 Å². The minimum Gasteiger partial charge on any atom is -0.490 e. The van der Waals surface area contributed by atoms with E-state index in [4.69, 9.17) is 10.5 Å². The van der Waals surface area contributed by atoms with Gasteiger partial charge in [-0.25, -0.2) is 0 Å². The summed E-state index contributed by atoms with van der Waals surface area (Å²) in [5.41, 5.74) is 9.24. The van der Waals surface area contributed by atoms with E-state index in [0.717, 1.165) is 29.5 Å². The number of amides is 1. The van der Waals surface area contributed by atoms with Crippen LogP contribution in [0.2, 0.25) is 0 Å². The van der Waals surface area contributed by atoms with Crippen molar-refractivity contribution >= 4 is 28.1 Å². The number of para-hydroxylation sites is 1. The van der Waals surface area contributed by atoms with Crippen LogP contribution in [0.15, 0.2) is 23.7 Å². The fourth-order valence-electron chi connectivity index (χ4n) is 2.97. The summed E-state index contributed by atoms with van der Waals surface area (Å²) >= 11 is 1.51. The van der Waals surface area contributed by atoms with Crippen LogP contribution in [0.1, 0.15) is 5.56 Å². The zero-order valence-electron chi connectivity index (χ0n) is 12.4. The second-order valence-corrected chi connectivity index (χ2v) is 6.69. The van der Waals surface area contributed by atoms with Crippen LogP contribution in [0.25, 0.3) is 0 Å². The summed E-state index contributed by atoms with van der Waals surface area (Å²) in [6, 6.07) is 5.83. The van der Waals surface area contributed by atoms with E-state index in [0.29, 0.717) is 18.7 Å². The van der Waals surface area contributed by atoms with Gasteiger partial charge in [0.05, 0.1) is 17.6 Å². The first-order chi connectivity index (χ1) is 11.2. The number of ether oxygens (including phenoxy) is 1. The van der Waals surface area contributed by atoms with Gasteiger partial charge in [-0.3, -0.25) is 4.79 Å². The maximum absolute atomic E-state index is 12.4. The maximum atomic E-state index is 12.4. The van der Waals surface area contributed by atoms with Crippen LogP contribution in [0.5, 0.6) is 5.75 Å². The summed E-state index contributed by atoms with van der Waals surface area (Å²) in [7, 11) is 0. The number of benzene rings is 1. The third kappa shape index (κ3) is 2.70. The van der Waals surface area contributed by atoms with Gasteiger partial charge in [-0.1, -0.05) is 23.5 Å². The summed E-state index contributed by atoms with van der Waals surface area (Å²) in [5, 5.41) is 11.8. The fraction of sp³-hybridized carbons (Fsp3) is 0.400. The van der Waals surface area contributed by atoms with Gasteiger partial charge >= 0.3 is 0 Å². The topological polar surface area (TPSA) is 93.4 Å². The predicted octanol–water partition coefficient (Wildman–Crippen LogP) is 0.676. The Morgan fingerprint density at radius 2 is 2.30 bits per heavy atom. The summed E-state index contributed by atoms with van der Waals surface area (Å²) < 4.78 is 5.69. The van der Waals surface area contributed by atoms with Crippen molar-refractivity contribution in [1.82, 2.24) is 15.5 Å². The minimum absolute atomic E-state index is 0.0417. The SMILES string of the molecule is Nc1cccc2c1OCC(C(=O)NC1CN(c3nncs3)C1)C2. The van der Waals surface area contributed by atoms with Gasteiger partial charge in [0, 0.05) is 13.1 Å². The first kappa shape index (κ1) is 14.3. The number of rotatable bonds is 3. The monoisotopic (exact) mass is 331 g/mol. The number of hydrogen-bond acceptors (Lipinski definition) is 7. The normalized spacial score (nSPS) is 20.3. The van der Waals surface area contributed by atoms with Crippen molar-refractivity contribution in [2.45, 2.75) is 12.5 Å². The van der Waals surface area contributed by atoms with Crippen LogP contribution in [-0.4, -0.2) is 41.8 Å². The average molecular weight is 331 g/mol. The highest BCUT2D eigenvalue weighted by Gasteiger charge is 2.33. The van der Waals surface area contributed by atoms with E-state index >= 15 is 0 Å². The van der Waals surface area contributed by atoms with Crippen molar-refractivity contribution in [2.24, 2.45) is 5.92 Å². The number of fused-ring (bicyclic) bond motifs is 1. The third-order valence-corrected chi connectivity index (χ3v) is 4.99. The highest BCUT2D eigenvalue weighted by atomic mass is 32.1. The Labute approximate surface area is 137 Å². The standard InChI is InChI=1S/C15H17N5O2S/c16-12-3-1-2-9-4-10(7-22-13(9)12)14(21)18-11-5-20(6-11)15-19-17-8-23-15/h1-3,8,10-11H,4-7,16H2,(H,18,21). The second kappa shape index (κ2) is 5.69. The highest BCUT2D eigenvalue weighted by molar-refractivity contribution is 7.13. The molecule has 0 bridgehead atoms. The summed E-state index contributed by atoms with van der Waals surface area (Å²) in [6.07, 6.45) is 0.666. The quantitative estimate of drug-likeness (QED) is 0.803. The molecule has 2 aromatic rings. The lowest BCUT2D eigenvalue weighted by molar-refractivity contribution is -0.127. The molecule has 0 aliphatic carbocycles. The molecule has 4 rings (SSSR count). The van der Waals surface area contributed by atoms with Crippen LogP contribution in [0.4, 0.5) is 10.8 Å². The van der Waals surface area contributed by atoms with E-state index in [2.05, 4.69) is 20.4 Å². The van der Waals surface area contributed by atoms with Crippen LogP contribution in [0.3, 0.4) is 0 Å². The first-order valence-electron chi connectivity index (χ1n) is 7.52. The van der Waals surface area contributed by atoms with E-state index in [1.54, 1.807) is 5.51 Å². The van der Waals surface area contributed by atoms with Crippen LogP contribution in [-0.2, 0) is 11.2 Å². The smallest absolute Gasteiger partial charge is 0.227 e. The van der Waals surface area contributed by atoms with Crippen LogP contribution >= 0.6 is 11.3 Å². The average Bonchev–Trinajstić information content (AvgIpc) is 3.04. The van der Waals surface area contributed by atoms with Gasteiger partial charge in [-0.2, -0.15) is 0 Å². The molecule has 1 atom stereocenters. The molecule has 1 saturated heterocycles. The molecule has 3 N–H and O–H groups in total. The van der Waals surface area contributed by atoms with Gasteiger partial charge in [0.15, 0.2) is 0 Å². The number of nitrogen functional groups attached to an aromatic ring is 1. The van der Waals surface area contributed by atoms with Crippen molar-refractivity contribution < 1.29 is 9.53 Å². The van der Waals surface area contributed by atoms with Gasteiger partial charge in [-0.15, -0.1) is 10.2 Å². The Hall–Kier alpha value is -2.35. The lowest BCUT2D eigenvalue weighted by atomic mass is 9.95. The lowest BCUT2D eigenvalue weighted by Gasteiger charge is -2.39. The van der Waals surface area contributed by atoms with Crippen molar-refractivity contribution in [1.29, 1.82) is 0 Å². The van der Waals surface area contributed by atoms with Gasteiger partial charge in [0.25, 0.3) is 0 Å². The maximum Gasteiger partial charge on any atom is 0.227 e. The van der Waals surface area contributed by atoms with E-state index in [9.17, 15) is 4.79 Å². The van der Waals surface area contributed by atoms with Crippen LogP contribution < -0.4 is 20.7 Å². The molecule has 8 heteroatoms. The Morgan fingerprint density at radius 1 is 1.43 bits per heavy atom. The lowest BCUT2D eigenvalue weighted by Crippen LogP contribution is -2.60. The van der Waals surface area contributed by atoms with Crippen molar-refractivity contribution in [3.63, 3.8) is 0 Å². The number of carbonyl (C=O) groups is 1. The molecule has 2 aliphatic heterocycles. The number of nitrogens with two attached hydrogens (primary N) is 1. The molecule has 23 heavy (non-hydrogen) atoms. The van der Waals surface area contributed by atoms with E-state index < -0.39 is 0 Å². The molecule has 1 aromatic heterocycles. The number of hydrogen-bond donors (Lipinski definition) is 2. The van der Waals surface area contributed by atoms with Gasteiger partial charge in [0.2, 0.25) is 11.0 Å². The Morgan fingerprint density at radius 3 is 3.09 bits per heavy atom. The molecule has 0 spiro atoms. The van der Waals surface area contributed by atoms with Crippen molar-refractivity contribution in [3.8, 4) is 5.75 Å². The molecule has 1 fully saturated rings. The number of aromatic nitrogens is 2. The Balaban J connectivity index is 1.33. The minimum atomic E-state index is -0.167. The first-order valence-corrected chi connectivity index (χ1v) is 8.40.